The normalized spacial score (nSPS) is 13.2. The van der Waals surface area contributed by atoms with Crippen molar-refractivity contribution >= 4 is 5.97 Å². The summed E-state index contributed by atoms with van der Waals surface area (Å²) in [5.74, 6) is -3.44. The molecule has 0 aromatic rings. The number of hydrogen-bond donors (Lipinski definition) is 0. The molecule has 0 N–H and O–H groups in total. The van der Waals surface area contributed by atoms with Crippen molar-refractivity contribution in [1.29, 1.82) is 0 Å². The molecule has 0 aliphatic carbocycles. The summed E-state index contributed by atoms with van der Waals surface area (Å²) in [7, 11) is 0. The molecule has 0 saturated heterocycles. The second kappa shape index (κ2) is 5.49. The Morgan fingerprint density at radius 3 is 1.56 bits per heavy atom. The third kappa shape index (κ3) is 7.22. The molecule has 0 bridgehead atoms. The number of alkyl halides is 7. The molecule has 0 aliphatic rings. The number of rotatable bonds is 4. The van der Waals surface area contributed by atoms with Gasteiger partial charge < -0.3 is 9.90 Å². The minimum absolute atomic E-state index is 0. The van der Waals surface area contributed by atoms with E-state index in [4.69, 9.17) is 0 Å². The predicted molar refractivity (Wildman–Crippen MR) is 23.1 cm³/mol. The third-order valence-electron chi connectivity index (χ3n) is 0.719. The van der Waals surface area contributed by atoms with Crippen molar-refractivity contribution in [2.75, 3.05) is 0 Å². The first-order chi connectivity index (χ1) is 6.36. The molecular weight excluding hydrogens is 268 g/mol. The number of aliphatic carboxylic acids is 1. The zero-order valence-electron chi connectivity index (χ0n) is 7.28. The van der Waals surface area contributed by atoms with Crippen LogP contribution in [-0.2, 0) is 14.3 Å². The zero-order valence-corrected chi connectivity index (χ0v) is 9.28. The molecule has 0 fully saturated rings. The van der Waals surface area contributed by atoms with Crippen LogP contribution in [-0.4, -0.2) is 24.7 Å². The second-order valence-electron chi connectivity index (χ2n) is 1.92. The molecule has 0 unspecified atom stereocenters. The first-order valence-electron chi connectivity index (χ1n) is 2.80. The Kier molecular flexibility index (Phi) is 6.27. The van der Waals surface area contributed by atoms with Crippen LogP contribution >= 0.6 is 0 Å². The summed E-state index contributed by atoms with van der Waals surface area (Å²) in [5, 5.41) is 9.41. The number of carboxylic acids is 1. The van der Waals surface area contributed by atoms with Gasteiger partial charge in [-0.05, 0) is 0 Å². The number of hydrogen-bond acceptors (Lipinski definition) is 4. The third-order valence-corrected chi connectivity index (χ3v) is 0.719. The first kappa shape index (κ1) is 18.3. The molecule has 0 amide bonds. The van der Waals surface area contributed by atoms with Crippen LogP contribution in [0.3, 0.4) is 0 Å². The number of halogens is 7. The van der Waals surface area contributed by atoms with Crippen molar-refractivity contribution in [3.8, 4) is 0 Å². The fourth-order valence-electron chi connectivity index (χ4n) is 0.346. The summed E-state index contributed by atoms with van der Waals surface area (Å²) in [4.78, 5) is 9.41. The summed E-state index contributed by atoms with van der Waals surface area (Å²) in [6.45, 7) is 0. The monoisotopic (exact) mass is 268 g/mol. The van der Waals surface area contributed by atoms with Gasteiger partial charge in [-0.15, -0.1) is 22.0 Å². The van der Waals surface area contributed by atoms with Gasteiger partial charge >= 0.3 is 48.3 Å². The van der Waals surface area contributed by atoms with E-state index in [0.717, 1.165) is 0 Å². The van der Waals surface area contributed by atoms with Crippen LogP contribution in [0.4, 0.5) is 30.7 Å². The molecule has 4 nitrogen and oxygen atoms in total. The maximum absolute atomic E-state index is 11.8. The van der Waals surface area contributed by atoms with E-state index in [1.807, 2.05) is 4.74 Å². The average molecular weight is 268 g/mol. The van der Waals surface area contributed by atoms with Crippen LogP contribution in [0.25, 0.3) is 0 Å². The van der Waals surface area contributed by atoms with Crippen molar-refractivity contribution in [3.63, 3.8) is 0 Å². The summed E-state index contributed by atoms with van der Waals surface area (Å²) in [6, 6.07) is 0. The summed E-state index contributed by atoms with van der Waals surface area (Å²) in [6.07, 6.45) is -17.4. The van der Waals surface area contributed by atoms with Crippen molar-refractivity contribution in [3.05, 3.63) is 0 Å². The van der Waals surface area contributed by atoms with Crippen LogP contribution in [0, 0.1) is 0 Å². The molecule has 0 spiro atoms. The van der Waals surface area contributed by atoms with E-state index in [9.17, 15) is 40.6 Å². The van der Waals surface area contributed by atoms with E-state index in [1.165, 1.54) is 0 Å². The molecule has 12 heteroatoms. The van der Waals surface area contributed by atoms with Gasteiger partial charge in [0, 0.05) is 0 Å². The Bertz CT molecular complexity index is 251. The summed E-state index contributed by atoms with van der Waals surface area (Å²) < 4.78 is 84.5. The van der Waals surface area contributed by atoms with Crippen LogP contribution in [0.2, 0.25) is 0 Å². The number of ether oxygens (including phenoxy) is 2. The van der Waals surface area contributed by atoms with Gasteiger partial charge in [0.1, 0.15) is 5.97 Å². The minimum atomic E-state index is -5.98. The Hall–Kier alpha value is -0.100. The molecule has 0 rings (SSSR count). The second-order valence-corrected chi connectivity index (χ2v) is 1.92. The van der Waals surface area contributed by atoms with E-state index in [-0.39, 0.29) is 29.6 Å². The van der Waals surface area contributed by atoms with Gasteiger partial charge in [0.15, 0.2) is 0 Å². The predicted octanol–water partition coefficient (Wildman–Crippen LogP) is -2.56. The maximum atomic E-state index is 11.8. The molecule has 0 aliphatic heterocycles. The molecule has 0 aromatic heterocycles. The minimum Gasteiger partial charge on any atom is -0.542 e. The Balaban J connectivity index is 0. The van der Waals surface area contributed by atoms with Crippen LogP contribution < -0.4 is 34.7 Å². The maximum Gasteiger partial charge on any atom is 1.00 e. The van der Waals surface area contributed by atoms with E-state index in [2.05, 4.69) is 0 Å². The van der Waals surface area contributed by atoms with Crippen LogP contribution in [0.1, 0.15) is 0 Å². The van der Waals surface area contributed by atoms with Crippen molar-refractivity contribution in [1.82, 2.24) is 0 Å². The Morgan fingerprint density at radius 2 is 1.31 bits per heavy atom. The van der Waals surface area contributed by atoms with Crippen molar-refractivity contribution < 1.29 is 79.7 Å². The first-order valence-corrected chi connectivity index (χ1v) is 2.80. The quantitative estimate of drug-likeness (QED) is 0.319. The van der Waals surface area contributed by atoms with Gasteiger partial charge in [0.25, 0.3) is 0 Å². The van der Waals surface area contributed by atoms with Crippen molar-refractivity contribution in [2.24, 2.45) is 0 Å². The van der Waals surface area contributed by atoms with E-state index in [1.54, 1.807) is 4.74 Å². The molecular formula is C4F7NaO4. The number of carboxylic acid groups (broad SMARTS) is 1. The van der Waals surface area contributed by atoms with E-state index < -0.39 is 24.7 Å². The van der Waals surface area contributed by atoms with Gasteiger partial charge in [0.05, 0.1) is 0 Å². The van der Waals surface area contributed by atoms with Crippen molar-refractivity contribution in [2.45, 2.75) is 18.8 Å². The standard InChI is InChI=1S/C4HF7O4.Na/c5-2(6,1(12)13)14-4(10,11)15-3(7,8)9;/h(H,12,13);/q;+1/p-1. The van der Waals surface area contributed by atoms with Gasteiger partial charge in [0.2, 0.25) is 0 Å². The molecule has 16 heavy (non-hydrogen) atoms. The largest absolute Gasteiger partial charge is 1.00 e. The number of carbonyl (C=O) groups is 1. The topological polar surface area (TPSA) is 58.6 Å². The summed E-state index contributed by atoms with van der Waals surface area (Å²) in [5.41, 5.74) is 0. The van der Waals surface area contributed by atoms with Gasteiger partial charge in [-0.1, -0.05) is 0 Å². The van der Waals surface area contributed by atoms with Gasteiger partial charge in [-0.3, -0.25) is 0 Å². The SMILES string of the molecule is O=C([O-])C(F)(F)OC(F)(F)OC(F)(F)F.[Na+]. The molecule has 90 valence electrons. The van der Waals surface area contributed by atoms with Gasteiger partial charge in [-0.25, -0.2) is 4.74 Å². The Labute approximate surface area is 105 Å². The molecule has 0 heterocycles. The van der Waals surface area contributed by atoms with Crippen LogP contribution in [0.15, 0.2) is 0 Å². The smallest absolute Gasteiger partial charge is 0.542 e. The number of carbonyl (C=O) groups excluding carboxylic acids is 1. The molecule has 0 aromatic carbocycles. The zero-order chi connectivity index (χ0) is 12.5. The molecule has 0 saturated carbocycles. The van der Waals surface area contributed by atoms with E-state index >= 15 is 0 Å². The van der Waals surface area contributed by atoms with E-state index in [0.29, 0.717) is 0 Å². The Morgan fingerprint density at radius 1 is 0.938 bits per heavy atom. The summed E-state index contributed by atoms with van der Waals surface area (Å²) >= 11 is 0. The molecule has 0 radical (unpaired) electrons. The fraction of sp³-hybridized carbons (Fsp3) is 0.750. The van der Waals surface area contributed by atoms with Gasteiger partial charge in [-0.2, -0.15) is 13.5 Å². The molecule has 0 atom stereocenters. The van der Waals surface area contributed by atoms with Crippen LogP contribution in [0.5, 0.6) is 0 Å². The fourth-order valence-corrected chi connectivity index (χ4v) is 0.346. The average Bonchev–Trinajstić information content (AvgIpc) is 1.75.